The largest absolute Gasteiger partial charge is 0.508 e. The lowest BCUT2D eigenvalue weighted by molar-refractivity contribution is 0.334. The van der Waals surface area contributed by atoms with E-state index >= 15 is 0 Å². The third-order valence-electron chi connectivity index (χ3n) is 0.888. The number of hydrogen-bond donors (Lipinski definition) is 1. The average molecular weight is 170 g/mol. The quantitative estimate of drug-likeness (QED) is 0.520. The molecule has 0 heterocycles. The zero-order valence-electron chi connectivity index (χ0n) is 8.29. The molecule has 0 atom stereocenters. The maximum absolute atomic E-state index is 8.90. The molecule has 0 unspecified atom stereocenters. The Balaban J connectivity index is 0. The number of aliphatic hydroxyl groups excluding tert-OH is 1. The Kier molecular flexibility index (Phi) is 11.0. The average Bonchev–Trinajstić information content (AvgIpc) is 2.08. The summed E-state index contributed by atoms with van der Waals surface area (Å²) in [5.74, 6) is 0.144. The third kappa shape index (κ3) is 8.82. The minimum atomic E-state index is 0.144. The van der Waals surface area contributed by atoms with Crippen molar-refractivity contribution >= 4 is 0 Å². The van der Waals surface area contributed by atoms with Crippen LogP contribution in [0.4, 0.5) is 0 Å². The molecule has 0 radical (unpaired) electrons. The van der Waals surface area contributed by atoms with Gasteiger partial charge in [0, 0.05) is 0 Å². The smallest absolute Gasteiger partial charge is 0.115 e. The molecule has 1 N–H and O–H groups in total. The Morgan fingerprint density at radius 1 is 1.42 bits per heavy atom. The number of methoxy groups -OCH3 is 1. The van der Waals surface area contributed by atoms with E-state index < -0.39 is 0 Å². The predicted octanol–water partition coefficient (Wildman–Crippen LogP) is 3.19. The minimum absolute atomic E-state index is 0.144. The molecule has 2 nitrogen and oxygen atoms in total. The van der Waals surface area contributed by atoms with Gasteiger partial charge in [0.1, 0.15) is 5.76 Å². The van der Waals surface area contributed by atoms with Crippen molar-refractivity contribution in [2.24, 2.45) is 0 Å². The molecule has 0 saturated heterocycles. The van der Waals surface area contributed by atoms with E-state index in [2.05, 4.69) is 6.58 Å². The molecule has 0 aromatic carbocycles. The van der Waals surface area contributed by atoms with E-state index in [0.29, 0.717) is 0 Å². The van der Waals surface area contributed by atoms with Gasteiger partial charge in [0.05, 0.1) is 13.4 Å². The Morgan fingerprint density at radius 2 is 1.92 bits per heavy atom. The molecule has 0 aromatic rings. The molecule has 12 heavy (non-hydrogen) atoms. The van der Waals surface area contributed by atoms with Gasteiger partial charge in [-0.25, -0.2) is 0 Å². The normalized spacial score (nSPS) is 11.3. The molecule has 0 fully saturated rings. The van der Waals surface area contributed by atoms with Gasteiger partial charge in [-0.1, -0.05) is 20.4 Å². The predicted molar refractivity (Wildman–Crippen MR) is 53.0 cm³/mol. The SMILES string of the molecule is C=C/C(O)=C\C(C)=C\OC.CC. The summed E-state index contributed by atoms with van der Waals surface area (Å²) in [5.41, 5.74) is 0.847. The van der Waals surface area contributed by atoms with E-state index in [1.54, 1.807) is 19.4 Å². The van der Waals surface area contributed by atoms with Crippen molar-refractivity contribution < 1.29 is 9.84 Å². The van der Waals surface area contributed by atoms with Gasteiger partial charge in [0.25, 0.3) is 0 Å². The van der Waals surface area contributed by atoms with E-state index in [9.17, 15) is 0 Å². The molecule has 0 aliphatic heterocycles. The number of rotatable bonds is 3. The lowest BCUT2D eigenvalue weighted by atomic mass is 10.3. The van der Waals surface area contributed by atoms with Crippen molar-refractivity contribution in [3.8, 4) is 0 Å². The molecule has 2 heteroatoms. The van der Waals surface area contributed by atoms with E-state index in [4.69, 9.17) is 9.84 Å². The highest BCUT2D eigenvalue weighted by Crippen LogP contribution is 1.99. The van der Waals surface area contributed by atoms with Gasteiger partial charge in [-0.2, -0.15) is 0 Å². The van der Waals surface area contributed by atoms with Crippen LogP contribution >= 0.6 is 0 Å². The number of aliphatic hydroxyl groups is 1. The summed E-state index contributed by atoms with van der Waals surface area (Å²) in [6.07, 6.45) is 4.48. The fourth-order valence-corrected chi connectivity index (χ4v) is 0.512. The summed E-state index contributed by atoms with van der Waals surface area (Å²) in [6.45, 7) is 9.21. The van der Waals surface area contributed by atoms with Gasteiger partial charge in [0.15, 0.2) is 0 Å². The monoisotopic (exact) mass is 170 g/mol. The molecular formula is C10H18O2. The second kappa shape index (κ2) is 9.82. The van der Waals surface area contributed by atoms with Crippen molar-refractivity contribution in [2.45, 2.75) is 20.8 Å². The van der Waals surface area contributed by atoms with Crippen molar-refractivity contribution in [2.75, 3.05) is 7.11 Å². The van der Waals surface area contributed by atoms with E-state index in [-0.39, 0.29) is 5.76 Å². The Bertz CT molecular complexity index is 167. The number of ether oxygens (including phenoxy) is 1. The van der Waals surface area contributed by atoms with Crippen LogP contribution in [0.2, 0.25) is 0 Å². The van der Waals surface area contributed by atoms with Gasteiger partial charge >= 0.3 is 0 Å². The first-order chi connectivity index (χ1) is 5.70. The van der Waals surface area contributed by atoms with E-state index in [1.165, 1.54) is 6.08 Å². The highest BCUT2D eigenvalue weighted by molar-refractivity contribution is 5.21. The summed E-state index contributed by atoms with van der Waals surface area (Å²) in [7, 11) is 1.56. The van der Waals surface area contributed by atoms with Crippen LogP contribution in [-0.4, -0.2) is 12.2 Å². The van der Waals surface area contributed by atoms with Crippen LogP contribution in [0.15, 0.2) is 36.3 Å². The standard InChI is InChI=1S/C8H12O2.C2H6/c1-4-8(9)5-7(2)6-10-3;1-2/h4-6,9H,1H2,2-3H3;1-2H3/b7-6+,8-5+;. The molecule has 0 aliphatic rings. The first-order valence-electron chi connectivity index (χ1n) is 3.93. The van der Waals surface area contributed by atoms with Gasteiger partial charge in [0.2, 0.25) is 0 Å². The van der Waals surface area contributed by atoms with Gasteiger partial charge in [-0.15, -0.1) is 0 Å². The molecule has 0 amide bonds. The third-order valence-corrected chi connectivity index (χ3v) is 0.888. The van der Waals surface area contributed by atoms with E-state index in [1.807, 2.05) is 20.8 Å². The highest BCUT2D eigenvalue weighted by atomic mass is 16.5. The van der Waals surface area contributed by atoms with Crippen LogP contribution in [-0.2, 0) is 4.74 Å². The van der Waals surface area contributed by atoms with Gasteiger partial charge in [-0.05, 0) is 24.6 Å². The van der Waals surface area contributed by atoms with Crippen molar-refractivity contribution in [1.29, 1.82) is 0 Å². The zero-order chi connectivity index (χ0) is 9.98. The zero-order valence-corrected chi connectivity index (χ0v) is 8.29. The molecule has 0 bridgehead atoms. The maximum Gasteiger partial charge on any atom is 0.115 e. The molecule has 0 spiro atoms. The summed E-state index contributed by atoms with van der Waals surface area (Å²) in [5, 5.41) is 8.90. The highest BCUT2D eigenvalue weighted by Gasteiger charge is 1.84. The molecule has 0 saturated carbocycles. The summed E-state index contributed by atoms with van der Waals surface area (Å²) in [4.78, 5) is 0. The lowest BCUT2D eigenvalue weighted by Crippen LogP contribution is -1.76. The van der Waals surface area contributed by atoms with Crippen molar-refractivity contribution in [1.82, 2.24) is 0 Å². The summed E-state index contributed by atoms with van der Waals surface area (Å²) in [6, 6.07) is 0. The lowest BCUT2D eigenvalue weighted by Gasteiger charge is -1.92. The molecule has 0 aliphatic carbocycles. The Hall–Kier alpha value is -1.18. The van der Waals surface area contributed by atoms with Crippen LogP contribution in [0.5, 0.6) is 0 Å². The first-order valence-corrected chi connectivity index (χ1v) is 3.93. The number of allylic oxidation sites excluding steroid dienone is 3. The van der Waals surface area contributed by atoms with Gasteiger partial charge in [-0.3, -0.25) is 0 Å². The molecule has 0 rings (SSSR count). The van der Waals surface area contributed by atoms with Crippen LogP contribution < -0.4 is 0 Å². The van der Waals surface area contributed by atoms with Crippen molar-refractivity contribution in [3.63, 3.8) is 0 Å². The van der Waals surface area contributed by atoms with Crippen molar-refractivity contribution in [3.05, 3.63) is 36.3 Å². The van der Waals surface area contributed by atoms with Crippen LogP contribution in [0.25, 0.3) is 0 Å². The Morgan fingerprint density at radius 3 is 2.25 bits per heavy atom. The summed E-state index contributed by atoms with van der Waals surface area (Å²) < 4.78 is 4.70. The number of hydrogen-bond acceptors (Lipinski definition) is 2. The minimum Gasteiger partial charge on any atom is -0.508 e. The molecule has 0 aromatic heterocycles. The summed E-state index contributed by atoms with van der Waals surface area (Å²) >= 11 is 0. The second-order valence-electron chi connectivity index (χ2n) is 1.87. The van der Waals surface area contributed by atoms with E-state index in [0.717, 1.165) is 5.57 Å². The van der Waals surface area contributed by atoms with Crippen LogP contribution in [0.1, 0.15) is 20.8 Å². The van der Waals surface area contributed by atoms with Crippen LogP contribution in [0.3, 0.4) is 0 Å². The van der Waals surface area contributed by atoms with Gasteiger partial charge < -0.3 is 9.84 Å². The first kappa shape index (κ1) is 13.4. The fraction of sp³-hybridized carbons (Fsp3) is 0.400. The maximum atomic E-state index is 8.90. The van der Waals surface area contributed by atoms with Crippen LogP contribution in [0, 0.1) is 0 Å². The molecular weight excluding hydrogens is 152 g/mol. The Labute approximate surface area is 74.9 Å². The fourth-order valence-electron chi connectivity index (χ4n) is 0.512. The molecule has 70 valence electrons. The topological polar surface area (TPSA) is 29.5 Å². The second-order valence-corrected chi connectivity index (χ2v) is 1.87.